The highest BCUT2D eigenvalue weighted by atomic mass is 32.2. The molecule has 0 amide bonds. The van der Waals surface area contributed by atoms with Crippen LogP contribution in [-0.2, 0) is 22.7 Å². The van der Waals surface area contributed by atoms with Crippen LogP contribution in [0.15, 0.2) is 28.7 Å². The first-order chi connectivity index (χ1) is 9.50. The molecule has 0 aliphatic heterocycles. The molecule has 20 heavy (non-hydrogen) atoms. The Bertz CT molecular complexity index is 680. The van der Waals surface area contributed by atoms with Gasteiger partial charge < -0.3 is 5.32 Å². The quantitative estimate of drug-likeness (QED) is 0.885. The zero-order valence-corrected chi connectivity index (χ0v) is 13.1. The molecule has 0 saturated carbocycles. The Morgan fingerprint density at radius 3 is 2.85 bits per heavy atom. The van der Waals surface area contributed by atoms with Gasteiger partial charge in [-0.15, -0.1) is 11.3 Å². The summed E-state index contributed by atoms with van der Waals surface area (Å²) in [6, 6.07) is 3.44. The van der Waals surface area contributed by atoms with E-state index in [1.54, 1.807) is 23.5 Å². The molecule has 7 heteroatoms. The van der Waals surface area contributed by atoms with E-state index in [1.807, 2.05) is 0 Å². The maximum atomic E-state index is 11.6. The van der Waals surface area contributed by atoms with Gasteiger partial charge >= 0.3 is 0 Å². The predicted octanol–water partition coefficient (Wildman–Crippen LogP) is 2.16. The molecule has 0 atom stereocenters. The Kier molecular flexibility index (Phi) is 4.72. The second kappa shape index (κ2) is 6.32. The smallest absolute Gasteiger partial charge is 0.194 e. The van der Waals surface area contributed by atoms with Crippen LogP contribution >= 0.6 is 11.3 Å². The van der Waals surface area contributed by atoms with Crippen molar-refractivity contribution in [2.24, 2.45) is 0 Å². The van der Waals surface area contributed by atoms with Gasteiger partial charge in [0.1, 0.15) is 0 Å². The van der Waals surface area contributed by atoms with E-state index < -0.39 is 9.84 Å². The number of sulfone groups is 1. The van der Waals surface area contributed by atoms with Crippen molar-refractivity contribution in [1.82, 2.24) is 9.97 Å². The second-order valence-electron chi connectivity index (χ2n) is 4.39. The molecule has 108 valence electrons. The van der Waals surface area contributed by atoms with Crippen molar-refractivity contribution in [2.75, 3.05) is 18.1 Å². The minimum absolute atomic E-state index is 0.0911. The van der Waals surface area contributed by atoms with Gasteiger partial charge in [0.05, 0.1) is 16.4 Å². The van der Waals surface area contributed by atoms with Gasteiger partial charge in [-0.25, -0.2) is 18.4 Å². The van der Waals surface area contributed by atoms with Crippen molar-refractivity contribution >= 4 is 26.9 Å². The molecule has 0 aromatic carbocycles. The first-order valence-corrected chi connectivity index (χ1v) is 9.10. The van der Waals surface area contributed by atoms with Crippen molar-refractivity contribution in [3.05, 3.63) is 34.4 Å². The van der Waals surface area contributed by atoms with E-state index in [0.29, 0.717) is 12.2 Å². The fourth-order valence-corrected chi connectivity index (χ4v) is 3.42. The number of hydrogen-bond donors (Lipinski definition) is 1. The Balaban J connectivity index is 2.01. The van der Waals surface area contributed by atoms with Gasteiger partial charge in [-0.05, 0) is 18.6 Å². The summed E-state index contributed by atoms with van der Waals surface area (Å²) >= 11 is 1.63. The molecule has 5 nitrogen and oxygen atoms in total. The summed E-state index contributed by atoms with van der Waals surface area (Å²) in [6.07, 6.45) is 4.35. The number of anilines is 1. The number of aryl methyl sites for hydroxylation is 1. The van der Waals surface area contributed by atoms with Crippen LogP contribution < -0.4 is 5.32 Å². The standard InChI is InChI=1S/C13H17N3O2S2/c1-3-10-9-19-12(16-10)6-8-14-11-5-4-7-15-13(11)20(2,17)18/h4-5,7,9,14H,3,6,8H2,1-2H3. The van der Waals surface area contributed by atoms with Crippen molar-refractivity contribution in [2.45, 2.75) is 24.8 Å². The number of rotatable bonds is 6. The molecule has 0 bridgehead atoms. The molecule has 0 radical (unpaired) electrons. The molecule has 0 fully saturated rings. The average Bonchev–Trinajstić information content (AvgIpc) is 2.86. The highest BCUT2D eigenvalue weighted by Gasteiger charge is 2.14. The molecule has 0 aliphatic carbocycles. The summed E-state index contributed by atoms with van der Waals surface area (Å²) in [7, 11) is -3.31. The van der Waals surface area contributed by atoms with E-state index in [-0.39, 0.29) is 5.03 Å². The van der Waals surface area contributed by atoms with E-state index in [9.17, 15) is 8.42 Å². The lowest BCUT2D eigenvalue weighted by Crippen LogP contribution is -2.10. The van der Waals surface area contributed by atoms with Crippen LogP contribution in [0.3, 0.4) is 0 Å². The summed E-state index contributed by atoms with van der Waals surface area (Å²) in [4.78, 5) is 8.41. The van der Waals surface area contributed by atoms with Crippen LogP contribution in [0.25, 0.3) is 0 Å². The van der Waals surface area contributed by atoms with E-state index >= 15 is 0 Å². The van der Waals surface area contributed by atoms with Gasteiger partial charge in [-0.1, -0.05) is 6.92 Å². The van der Waals surface area contributed by atoms with Crippen LogP contribution in [-0.4, -0.2) is 31.2 Å². The Morgan fingerprint density at radius 2 is 2.20 bits per heavy atom. The summed E-state index contributed by atoms with van der Waals surface area (Å²) in [5.74, 6) is 0. The molecular weight excluding hydrogens is 294 g/mol. The number of nitrogens with one attached hydrogen (secondary N) is 1. The number of aromatic nitrogens is 2. The first-order valence-electron chi connectivity index (χ1n) is 6.33. The molecular formula is C13H17N3O2S2. The molecule has 2 aromatic rings. The normalized spacial score (nSPS) is 11.5. The fourth-order valence-electron chi connectivity index (χ4n) is 1.75. The maximum absolute atomic E-state index is 11.6. The Hall–Kier alpha value is -1.47. The minimum Gasteiger partial charge on any atom is -0.382 e. The summed E-state index contributed by atoms with van der Waals surface area (Å²) in [6.45, 7) is 2.70. The number of pyridine rings is 1. The second-order valence-corrected chi connectivity index (χ2v) is 7.26. The lowest BCUT2D eigenvalue weighted by atomic mass is 10.3. The highest BCUT2D eigenvalue weighted by molar-refractivity contribution is 7.90. The molecule has 0 unspecified atom stereocenters. The lowest BCUT2D eigenvalue weighted by Gasteiger charge is -2.08. The van der Waals surface area contributed by atoms with Crippen LogP contribution in [0.1, 0.15) is 17.6 Å². The summed E-state index contributed by atoms with van der Waals surface area (Å²) in [5.41, 5.74) is 1.64. The number of hydrogen-bond acceptors (Lipinski definition) is 6. The lowest BCUT2D eigenvalue weighted by molar-refractivity contribution is 0.598. The molecule has 2 heterocycles. The van der Waals surface area contributed by atoms with Crippen LogP contribution in [0, 0.1) is 0 Å². The molecule has 2 aromatic heterocycles. The van der Waals surface area contributed by atoms with Crippen molar-refractivity contribution in [3.63, 3.8) is 0 Å². The van der Waals surface area contributed by atoms with E-state index in [4.69, 9.17) is 0 Å². The number of nitrogens with zero attached hydrogens (tertiary/aromatic N) is 2. The average molecular weight is 311 g/mol. The van der Waals surface area contributed by atoms with Crippen LogP contribution in [0.4, 0.5) is 5.69 Å². The van der Waals surface area contributed by atoms with Gasteiger partial charge in [-0.3, -0.25) is 0 Å². The van der Waals surface area contributed by atoms with E-state index in [2.05, 4.69) is 27.6 Å². The van der Waals surface area contributed by atoms with Crippen LogP contribution in [0.2, 0.25) is 0 Å². The largest absolute Gasteiger partial charge is 0.382 e. The van der Waals surface area contributed by atoms with Gasteiger partial charge in [0.15, 0.2) is 14.9 Å². The van der Waals surface area contributed by atoms with Crippen molar-refractivity contribution in [1.29, 1.82) is 0 Å². The van der Waals surface area contributed by atoms with Crippen LogP contribution in [0.5, 0.6) is 0 Å². The Labute approximate surface area is 123 Å². The minimum atomic E-state index is -3.31. The first kappa shape index (κ1) is 14.9. The zero-order valence-electron chi connectivity index (χ0n) is 11.5. The van der Waals surface area contributed by atoms with Gasteiger partial charge in [-0.2, -0.15) is 0 Å². The van der Waals surface area contributed by atoms with Gasteiger partial charge in [0, 0.05) is 30.8 Å². The fraction of sp³-hybridized carbons (Fsp3) is 0.385. The van der Waals surface area contributed by atoms with Gasteiger partial charge in [0.2, 0.25) is 0 Å². The monoisotopic (exact) mass is 311 g/mol. The molecule has 0 spiro atoms. The van der Waals surface area contributed by atoms with Crippen molar-refractivity contribution < 1.29 is 8.42 Å². The third kappa shape index (κ3) is 3.77. The molecule has 2 rings (SSSR count). The SMILES string of the molecule is CCc1csc(CCNc2cccnc2S(C)(=O)=O)n1. The zero-order chi connectivity index (χ0) is 14.6. The molecule has 0 saturated heterocycles. The third-order valence-corrected chi connectivity index (χ3v) is 4.72. The topological polar surface area (TPSA) is 72.0 Å². The third-order valence-electron chi connectivity index (χ3n) is 2.74. The van der Waals surface area contributed by atoms with E-state index in [0.717, 1.165) is 29.8 Å². The predicted molar refractivity (Wildman–Crippen MR) is 81.0 cm³/mol. The number of thiazole rings is 1. The van der Waals surface area contributed by atoms with Crippen molar-refractivity contribution in [3.8, 4) is 0 Å². The Morgan fingerprint density at radius 1 is 1.40 bits per heavy atom. The molecule has 0 aliphatic rings. The maximum Gasteiger partial charge on any atom is 0.194 e. The van der Waals surface area contributed by atoms with Gasteiger partial charge in [0.25, 0.3) is 0 Å². The highest BCUT2D eigenvalue weighted by Crippen LogP contribution is 2.18. The van der Waals surface area contributed by atoms with E-state index in [1.165, 1.54) is 6.20 Å². The molecule has 1 N–H and O–H groups in total. The summed E-state index contributed by atoms with van der Waals surface area (Å²) < 4.78 is 23.2. The summed E-state index contributed by atoms with van der Waals surface area (Å²) in [5, 5.41) is 6.32.